The minimum absolute atomic E-state index is 0.179. The van der Waals surface area contributed by atoms with Gasteiger partial charge < -0.3 is 9.47 Å². The fourth-order valence-electron chi connectivity index (χ4n) is 1.72. The van der Waals surface area contributed by atoms with Crippen LogP contribution in [-0.2, 0) is 10.6 Å². The molecule has 0 radical (unpaired) electrons. The predicted octanol–water partition coefficient (Wildman–Crippen LogP) is 3.75. The number of benzene rings is 1. The van der Waals surface area contributed by atoms with E-state index in [4.69, 9.17) is 21.1 Å². The van der Waals surface area contributed by atoms with Crippen LogP contribution in [0.3, 0.4) is 0 Å². The van der Waals surface area contributed by atoms with Gasteiger partial charge in [-0.2, -0.15) is 0 Å². The molecule has 88 valence electrons. The molecular weight excluding hydrogens is 291 g/mol. The maximum atomic E-state index is 5.85. The lowest BCUT2D eigenvalue weighted by Crippen LogP contribution is -2.28. The van der Waals surface area contributed by atoms with Crippen LogP contribution >= 0.6 is 27.5 Å². The Morgan fingerprint density at radius 3 is 3.06 bits per heavy atom. The molecule has 1 heterocycles. The van der Waals surface area contributed by atoms with Crippen LogP contribution in [0.25, 0.3) is 0 Å². The van der Waals surface area contributed by atoms with Gasteiger partial charge in [-0.15, -0.1) is 11.6 Å². The summed E-state index contributed by atoms with van der Waals surface area (Å²) >= 11 is 9.29. The van der Waals surface area contributed by atoms with Gasteiger partial charge in [0, 0.05) is 17.0 Å². The highest BCUT2D eigenvalue weighted by Gasteiger charge is 2.15. The summed E-state index contributed by atoms with van der Waals surface area (Å²) in [5.41, 5.74) is 1.05. The maximum Gasteiger partial charge on any atom is 0.122 e. The van der Waals surface area contributed by atoms with Gasteiger partial charge in [-0.25, -0.2) is 0 Å². The first-order valence-corrected chi connectivity index (χ1v) is 6.71. The van der Waals surface area contributed by atoms with Crippen molar-refractivity contribution in [3.8, 4) is 5.75 Å². The first-order valence-electron chi connectivity index (χ1n) is 5.38. The van der Waals surface area contributed by atoms with E-state index in [1.54, 1.807) is 0 Å². The summed E-state index contributed by atoms with van der Waals surface area (Å²) in [5, 5.41) is 0. The standard InChI is InChI=1S/C12H14BrClO2/c13-12-4-3-10(6-9(12)7-14)16-11-2-1-5-15-8-11/h3-4,6,11H,1-2,5,7-8H2. The third-order valence-corrected chi connectivity index (χ3v) is 3.64. The largest absolute Gasteiger partial charge is 0.488 e. The van der Waals surface area contributed by atoms with E-state index in [0.717, 1.165) is 35.2 Å². The molecule has 2 rings (SSSR count). The van der Waals surface area contributed by atoms with Gasteiger partial charge in [0.2, 0.25) is 0 Å². The van der Waals surface area contributed by atoms with Crippen LogP contribution in [0.4, 0.5) is 0 Å². The Bertz CT molecular complexity index is 351. The average Bonchev–Trinajstić information content (AvgIpc) is 2.33. The maximum absolute atomic E-state index is 5.85. The summed E-state index contributed by atoms with van der Waals surface area (Å²) < 4.78 is 12.2. The van der Waals surface area contributed by atoms with Crippen LogP contribution in [0, 0.1) is 0 Å². The molecule has 1 aromatic carbocycles. The zero-order valence-corrected chi connectivity index (χ0v) is 11.3. The van der Waals surface area contributed by atoms with Crippen molar-refractivity contribution in [3.63, 3.8) is 0 Å². The molecule has 1 aliphatic rings. The van der Waals surface area contributed by atoms with Crippen molar-refractivity contribution >= 4 is 27.5 Å². The van der Waals surface area contributed by atoms with Crippen LogP contribution in [0.2, 0.25) is 0 Å². The molecular formula is C12H14BrClO2. The number of halogens is 2. The van der Waals surface area contributed by atoms with Crippen molar-refractivity contribution in [2.24, 2.45) is 0 Å². The van der Waals surface area contributed by atoms with Crippen molar-refractivity contribution in [1.29, 1.82) is 0 Å². The van der Waals surface area contributed by atoms with Crippen molar-refractivity contribution in [1.82, 2.24) is 0 Å². The number of rotatable bonds is 3. The Hall–Kier alpha value is -0.250. The lowest BCUT2D eigenvalue weighted by atomic mass is 10.1. The number of alkyl halides is 1. The molecule has 4 heteroatoms. The van der Waals surface area contributed by atoms with Crippen molar-refractivity contribution < 1.29 is 9.47 Å². The molecule has 0 amide bonds. The summed E-state index contributed by atoms with van der Waals surface area (Å²) in [7, 11) is 0. The Labute approximate surface area is 109 Å². The van der Waals surface area contributed by atoms with Gasteiger partial charge in [-0.05, 0) is 36.6 Å². The summed E-state index contributed by atoms with van der Waals surface area (Å²) in [5.74, 6) is 1.35. The normalized spacial score (nSPS) is 20.8. The molecule has 1 fully saturated rings. The fourth-order valence-corrected chi connectivity index (χ4v) is 2.49. The van der Waals surface area contributed by atoms with Crippen LogP contribution < -0.4 is 4.74 Å². The van der Waals surface area contributed by atoms with Gasteiger partial charge in [0.15, 0.2) is 0 Å². The lowest BCUT2D eigenvalue weighted by Gasteiger charge is -2.23. The molecule has 0 spiro atoms. The molecule has 0 saturated carbocycles. The third kappa shape index (κ3) is 3.12. The highest BCUT2D eigenvalue weighted by atomic mass is 79.9. The smallest absolute Gasteiger partial charge is 0.122 e. The molecule has 1 unspecified atom stereocenters. The SMILES string of the molecule is ClCc1cc(OC2CCCOC2)ccc1Br. The van der Waals surface area contributed by atoms with Crippen molar-refractivity contribution in [3.05, 3.63) is 28.2 Å². The van der Waals surface area contributed by atoms with Gasteiger partial charge >= 0.3 is 0 Å². The zero-order valence-electron chi connectivity index (χ0n) is 8.92. The second kappa shape index (κ2) is 5.89. The number of ether oxygens (including phenoxy) is 2. The van der Waals surface area contributed by atoms with E-state index >= 15 is 0 Å². The van der Waals surface area contributed by atoms with E-state index in [1.807, 2.05) is 18.2 Å². The molecule has 1 aliphatic heterocycles. The van der Waals surface area contributed by atoms with E-state index in [2.05, 4.69) is 15.9 Å². The van der Waals surface area contributed by atoms with Crippen molar-refractivity contribution in [2.45, 2.75) is 24.8 Å². The predicted molar refractivity (Wildman–Crippen MR) is 68.2 cm³/mol. The van der Waals surface area contributed by atoms with Crippen LogP contribution in [0.1, 0.15) is 18.4 Å². The van der Waals surface area contributed by atoms with E-state index in [0.29, 0.717) is 12.5 Å². The Kier molecular flexibility index (Phi) is 4.50. The van der Waals surface area contributed by atoms with Crippen LogP contribution in [-0.4, -0.2) is 19.3 Å². The van der Waals surface area contributed by atoms with Crippen LogP contribution in [0.15, 0.2) is 22.7 Å². The van der Waals surface area contributed by atoms with E-state index in [-0.39, 0.29) is 6.10 Å². The second-order valence-electron chi connectivity index (χ2n) is 3.84. The topological polar surface area (TPSA) is 18.5 Å². The number of hydrogen-bond acceptors (Lipinski definition) is 2. The van der Waals surface area contributed by atoms with Crippen LogP contribution in [0.5, 0.6) is 5.75 Å². The molecule has 2 nitrogen and oxygen atoms in total. The Morgan fingerprint density at radius 2 is 2.38 bits per heavy atom. The zero-order chi connectivity index (χ0) is 11.4. The molecule has 1 aromatic rings. The highest BCUT2D eigenvalue weighted by Crippen LogP contribution is 2.25. The second-order valence-corrected chi connectivity index (χ2v) is 4.97. The van der Waals surface area contributed by atoms with Gasteiger partial charge in [0.1, 0.15) is 11.9 Å². The summed E-state index contributed by atoms with van der Waals surface area (Å²) in [6, 6.07) is 5.90. The molecule has 1 saturated heterocycles. The highest BCUT2D eigenvalue weighted by molar-refractivity contribution is 9.10. The number of hydrogen-bond donors (Lipinski definition) is 0. The first-order chi connectivity index (χ1) is 7.79. The summed E-state index contributed by atoms with van der Waals surface area (Å²) in [4.78, 5) is 0. The lowest BCUT2D eigenvalue weighted by molar-refractivity contribution is 0.00740. The van der Waals surface area contributed by atoms with Gasteiger partial charge in [0.05, 0.1) is 6.61 Å². The summed E-state index contributed by atoms with van der Waals surface area (Å²) in [6.07, 6.45) is 2.31. The fraction of sp³-hybridized carbons (Fsp3) is 0.500. The third-order valence-electron chi connectivity index (χ3n) is 2.58. The summed E-state index contributed by atoms with van der Waals surface area (Å²) in [6.45, 7) is 1.54. The van der Waals surface area contributed by atoms with E-state index in [9.17, 15) is 0 Å². The Morgan fingerprint density at radius 1 is 1.50 bits per heavy atom. The average molecular weight is 306 g/mol. The molecule has 16 heavy (non-hydrogen) atoms. The molecule has 0 N–H and O–H groups in total. The monoisotopic (exact) mass is 304 g/mol. The van der Waals surface area contributed by atoms with Crippen molar-refractivity contribution in [2.75, 3.05) is 13.2 Å². The van der Waals surface area contributed by atoms with Gasteiger partial charge in [-0.1, -0.05) is 15.9 Å². The van der Waals surface area contributed by atoms with Gasteiger partial charge in [0.25, 0.3) is 0 Å². The molecule has 0 aromatic heterocycles. The van der Waals surface area contributed by atoms with E-state index in [1.165, 1.54) is 0 Å². The van der Waals surface area contributed by atoms with Gasteiger partial charge in [-0.3, -0.25) is 0 Å². The molecule has 0 bridgehead atoms. The quantitative estimate of drug-likeness (QED) is 0.792. The molecule has 0 aliphatic carbocycles. The Balaban J connectivity index is 2.03. The minimum atomic E-state index is 0.179. The first kappa shape index (κ1) is 12.2. The molecule has 1 atom stereocenters. The van der Waals surface area contributed by atoms with E-state index < -0.39 is 0 Å². The minimum Gasteiger partial charge on any atom is -0.488 e.